The van der Waals surface area contributed by atoms with Gasteiger partial charge >= 0.3 is 5.97 Å². The summed E-state index contributed by atoms with van der Waals surface area (Å²) in [5, 5.41) is 20.2. The molecule has 8 heteroatoms. The number of carboxylic acid groups (broad SMARTS) is 1. The van der Waals surface area contributed by atoms with Crippen molar-refractivity contribution in [3.63, 3.8) is 0 Å². The first-order valence-corrected chi connectivity index (χ1v) is 6.80. The molecule has 1 unspecified atom stereocenters. The van der Waals surface area contributed by atoms with E-state index in [1.54, 1.807) is 4.90 Å². The predicted octanol–water partition coefficient (Wildman–Crippen LogP) is 3.35. The van der Waals surface area contributed by atoms with Crippen LogP contribution >= 0.6 is 23.2 Å². The molecule has 0 aliphatic carbocycles. The third-order valence-electron chi connectivity index (χ3n) is 3.29. The molecule has 0 radical (unpaired) electrons. The van der Waals surface area contributed by atoms with E-state index in [-0.39, 0.29) is 15.7 Å². The molecule has 0 saturated carbocycles. The second kappa shape index (κ2) is 5.85. The van der Waals surface area contributed by atoms with E-state index in [0.29, 0.717) is 18.7 Å². The van der Waals surface area contributed by atoms with Gasteiger partial charge in [-0.15, -0.1) is 0 Å². The quantitative estimate of drug-likeness (QED) is 0.682. The molecule has 1 aromatic rings. The summed E-state index contributed by atoms with van der Waals surface area (Å²) in [7, 11) is 0. The SMILES string of the molecule is O=C(O)C1CCCCN1c1c(Cl)cc([N+](=O)[O-])cc1Cl. The van der Waals surface area contributed by atoms with Gasteiger partial charge in [-0.1, -0.05) is 23.2 Å². The maximum Gasteiger partial charge on any atom is 0.326 e. The van der Waals surface area contributed by atoms with Crippen LogP contribution in [0.3, 0.4) is 0 Å². The van der Waals surface area contributed by atoms with Crippen molar-refractivity contribution in [3.05, 3.63) is 32.3 Å². The maximum absolute atomic E-state index is 11.3. The molecule has 1 saturated heterocycles. The van der Waals surface area contributed by atoms with Crippen molar-refractivity contribution in [2.45, 2.75) is 25.3 Å². The van der Waals surface area contributed by atoms with Gasteiger partial charge in [-0.3, -0.25) is 10.1 Å². The average Bonchev–Trinajstić information content (AvgIpc) is 2.38. The number of piperidine rings is 1. The van der Waals surface area contributed by atoms with Crippen LogP contribution < -0.4 is 4.90 Å². The summed E-state index contributed by atoms with van der Waals surface area (Å²) in [5.41, 5.74) is 0.138. The van der Waals surface area contributed by atoms with Crippen LogP contribution in [0.25, 0.3) is 0 Å². The zero-order valence-electron chi connectivity index (χ0n) is 10.4. The predicted molar refractivity (Wildman–Crippen MR) is 75.7 cm³/mol. The third-order valence-corrected chi connectivity index (χ3v) is 3.86. The van der Waals surface area contributed by atoms with Gasteiger partial charge in [0.25, 0.3) is 5.69 Å². The molecule has 1 N–H and O–H groups in total. The first-order chi connectivity index (χ1) is 9.41. The van der Waals surface area contributed by atoms with E-state index in [1.165, 1.54) is 12.1 Å². The first kappa shape index (κ1) is 14.9. The zero-order valence-corrected chi connectivity index (χ0v) is 11.9. The Labute approximate surface area is 125 Å². The van der Waals surface area contributed by atoms with Crippen LogP contribution in [0, 0.1) is 10.1 Å². The normalized spacial score (nSPS) is 18.9. The minimum Gasteiger partial charge on any atom is -0.480 e. The van der Waals surface area contributed by atoms with E-state index in [0.717, 1.165) is 12.8 Å². The standard InChI is InChI=1S/C12H12Cl2N2O4/c13-8-5-7(16(19)20)6-9(14)11(8)15-4-2-1-3-10(15)12(17)18/h5-6,10H,1-4H2,(H,17,18). The topological polar surface area (TPSA) is 83.7 Å². The van der Waals surface area contributed by atoms with Gasteiger partial charge in [0.15, 0.2) is 0 Å². The molecule has 1 aromatic carbocycles. The molecule has 108 valence electrons. The van der Waals surface area contributed by atoms with Crippen LogP contribution in [0.4, 0.5) is 11.4 Å². The van der Waals surface area contributed by atoms with Gasteiger partial charge in [0.1, 0.15) is 6.04 Å². The van der Waals surface area contributed by atoms with Crippen LogP contribution in [0.1, 0.15) is 19.3 Å². The highest BCUT2D eigenvalue weighted by atomic mass is 35.5. The van der Waals surface area contributed by atoms with Crippen molar-refractivity contribution >= 4 is 40.5 Å². The van der Waals surface area contributed by atoms with E-state index >= 15 is 0 Å². The Balaban J connectivity index is 2.45. The van der Waals surface area contributed by atoms with E-state index in [9.17, 15) is 20.0 Å². The largest absolute Gasteiger partial charge is 0.480 e. The number of hydrogen-bond acceptors (Lipinski definition) is 4. The lowest BCUT2D eigenvalue weighted by atomic mass is 10.0. The van der Waals surface area contributed by atoms with Crippen LogP contribution in [0.5, 0.6) is 0 Å². The maximum atomic E-state index is 11.3. The molecule has 0 bridgehead atoms. The summed E-state index contributed by atoms with van der Waals surface area (Å²) < 4.78 is 0. The highest BCUT2D eigenvalue weighted by Crippen LogP contribution is 2.40. The Morgan fingerprint density at radius 1 is 1.35 bits per heavy atom. The van der Waals surface area contributed by atoms with Crippen LogP contribution in [-0.4, -0.2) is 28.6 Å². The number of halogens is 2. The van der Waals surface area contributed by atoms with E-state index in [1.807, 2.05) is 0 Å². The third kappa shape index (κ3) is 2.81. The fourth-order valence-electron chi connectivity index (χ4n) is 2.39. The summed E-state index contributed by atoms with van der Waals surface area (Å²) >= 11 is 12.1. The summed E-state index contributed by atoms with van der Waals surface area (Å²) in [6, 6.07) is 1.67. The van der Waals surface area contributed by atoms with Gasteiger partial charge < -0.3 is 10.0 Å². The fraction of sp³-hybridized carbons (Fsp3) is 0.417. The lowest BCUT2D eigenvalue weighted by Crippen LogP contribution is -2.45. The molecular weight excluding hydrogens is 307 g/mol. The molecule has 1 aliphatic rings. The lowest BCUT2D eigenvalue weighted by Gasteiger charge is -2.35. The van der Waals surface area contributed by atoms with Gasteiger partial charge in [-0.2, -0.15) is 0 Å². The molecule has 0 amide bonds. The molecule has 2 rings (SSSR count). The van der Waals surface area contributed by atoms with Crippen molar-refractivity contribution in [3.8, 4) is 0 Å². The fourth-order valence-corrected chi connectivity index (χ4v) is 3.08. The highest BCUT2D eigenvalue weighted by Gasteiger charge is 2.31. The van der Waals surface area contributed by atoms with Crippen LogP contribution in [-0.2, 0) is 4.79 Å². The molecule has 0 aromatic heterocycles. The second-order valence-corrected chi connectivity index (χ2v) is 5.37. The zero-order chi connectivity index (χ0) is 14.9. The Hall–Kier alpha value is -1.53. The molecule has 1 heterocycles. The number of carbonyl (C=O) groups is 1. The van der Waals surface area contributed by atoms with Crippen molar-refractivity contribution in [1.82, 2.24) is 0 Å². The van der Waals surface area contributed by atoms with Gasteiger partial charge in [-0.05, 0) is 19.3 Å². The van der Waals surface area contributed by atoms with E-state index in [4.69, 9.17) is 23.2 Å². The molecule has 1 aliphatic heterocycles. The van der Waals surface area contributed by atoms with Crippen molar-refractivity contribution in [1.29, 1.82) is 0 Å². The number of anilines is 1. The Morgan fingerprint density at radius 2 is 1.95 bits per heavy atom. The second-order valence-electron chi connectivity index (χ2n) is 4.56. The Kier molecular flexibility index (Phi) is 4.35. The lowest BCUT2D eigenvalue weighted by molar-refractivity contribution is -0.384. The minimum atomic E-state index is -0.949. The van der Waals surface area contributed by atoms with Crippen LogP contribution in [0.2, 0.25) is 10.0 Å². The average molecular weight is 319 g/mol. The summed E-state index contributed by atoms with van der Waals surface area (Å²) in [4.78, 5) is 23.1. The number of non-ortho nitro benzene ring substituents is 1. The molecule has 0 spiro atoms. The van der Waals surface area contributed by atoms with Crippen LogP contribution in [0.15, 0.2) is 12.1 Å². The van der Waals surface area contributed by atoms with E-state index in [2.05, 4.69) is 0 Å². The van der Waals surface area contributed by atoms with Gasteiger partial charge in [-0.25, -0.2) is 4.79 Å². The van der Waals surface area contributed by atoms with E-state index < -0.39 is 16.9 Å². The number of aliphatic carboxylic acids is 1. The number of hydrogen-bond donors (Lipinski definition) is 1. The van der Waals surface area contributed by atoms with Gasteiger partial charge in [0, 0.05) is 18.7 Å². The monoisotopic (exact) mass is 318 g/mol. The smallest absolute Gasteiger partial charge is 0.326 e. The summed E-state index contributed by atoms with van der Waals surface area (Å²) in [5.74, 6) is -0.949. The Bertz CT molecular complexity index is 541. The van der Waals surface area contributed by atoms with Gasteiger partial charge in [0.05, 0.1) is 20.7 Å². The van der Waals surface area contributed by atoms with Crippen molar-refractivity contribution < 1.29 is 14.8 Å². The number of benzene rings is 1. The van der Waals surface area contributed by atoms with Crippen molar-refractivity contribution in [2.24, 2.45) is 0 Å². The number of nitro groups is 1. The molecule has 6 nitrogen and oxygen atoms in total. The number of carboxylic acids is 1. The number of nitrogens with zero attached hydrogens (tertiary/aromatic N) is 2. The summed E-state index contributed by atoms with van der Waals surface area (Å²) in [6.07, 6.45) is 2.14. The van der Waals surface area contributed by atoms with Crippen molar-refractivity contribution in [2.75, 3.05) is 11.4 Å². The van der Waals surface area contributed by atoms with Gasteiger partial charge in [0.2, 0.25) is 0 Å². The number of rotatable bonds is 3. The highest BCUT2D eigenvalue weighted by molar-refractivity contribution is 6.39. The molecule has 1 atom stereocenters. The molecular formula is C12H12Cl2N2O4. The molecule has 20 heavy (non-hydrogen) atoms. The number of nitro benzene ring substituents is 1. The summed E-state index contributed by atoms with van der Waals surface area (Å²) in [6.45, 7) is 0.508. The minimum absolute atomic E-state index is 0.0948. The first-order valence-electron chi connectivity index (χ1n) is 6.04. The molecule has 1 fully saturated rings. The Morgan fingerprint density at radius 3 is 2.45 bits per heavy atom.